The maximum absolute atomic E-state index is 12.1. The normalized spacial score (nSPS) is 13.4. The average Bonchev–Trinajstić information content (AvgIpc) is 3.06. The molecule has 4 N–H and O–H groups in total. The van der Waals surface area contributed by atoms with Crippen molar-refractivity contribution in [1.29, 1.82) is 0 Å². The van der Waals surface area contributed by atoms with Gasteiger partial charge < -0.3 is 15.4 Å². The Kier molecular flexibility index (Phi) is 5.28. The Hall–Kier alpha value is -3.62. The molecule has 9 heteroatoms. The standard InChI is InChI=1S/C20H23N7O2/c1-12-6-7-14(9-16(12)23-20(28)29-15-4-3-5-15)22-18-10-21-11-19(25-18)24-17-8-13(2)26-27-17/h6-11,15H,3-5H2,1-2H3,(H,23,28)(H3,22,24,25,26,27). The maximum atomic E-state index is 12.1. The minimum absolute atomic E-state index is 0.0421. The van der Waals surface area contributed by atoms with Crippen LogP contribution in [-0.2, 0) is 4.74 Å². The molecule has 0 unspecified atom stereocenters. The highest BCUT2D eigenvalue weighted by molar-refractivity contribution is 5.87. The zero-order chi connectivity index (χ0) is 20.2. The average molecular weight is 393 g/mol. The third kappa shape index (κ3) is 4.81. The van der Waals surface area contributed by atoms with Crippen LogP contribution < -0.4 is 16.0 Å². The van der Waals surface area contributed by atoms with Crippen LogP contribution in [0.2, 0.25) is 0 Å². The molecule has 9 nitrogen and oxygen atoms in total. The second kappa shape index (κ2) is 8.17. The second-order valence-corrected chi connectivity index (χ2v) is 7.09. The van der Waals surface area contributed by atoms with Crippen molar-refractivity contribution in [2.45, 2.75) is 39.2 Å². The Morgan fingerprint density at radius 3 is 2.59 bits per heavy atom. The number of aryl methyl sites for hydroxylation is 2. The third-order valence-electron chi connectivity index (χ3n) is 4.67. The number of rotatable bonds is 6. The number of benzene rings is 1. The minimum Gasteiger partial charge on any atom is -0.446 e. The van der Waals surface area contributed by atoms with Crippen molar-refractivity contribution in [3.63, 3.8) is 0 Å². The molecule has 0 saturated heterocycles. The van der Waals surface area contributed by atoms with Crippen LogP contribution in [0.25, 0.3) is 0 Å². The van der Waals surface area contributed by atoms with Crippen LogP contribution in [-0.4, -0.2) is 32.4 Å². The molecule has 150 valence electrons. The number of nitrogens with zero attached hydrogens (tertiary/aromatic N) is 3. The smallest absolute Gasteiger partial charge is 0.411 e. The molecule has 1 fully saturated rings. The first-order valence-electron chi connectivity index (χ1n) is 9.51. The molecule has 0 bridgehead atoms. The predicted octanol–water partition coefficient (Wildman–Crippen LogP) is 4.40. The van der Waals surface area contributed by atoms with Gasteiger partial charge in [0.2, 0.25) is 0 Å². The van der Waals surface area contributed by atoms with Crippen LogP contribution in [0.1, 0.15) is 30.5 Å². The molecule has 1 aliphatic carbocycles. The number of anilines is 5. The lowest BCUT2D eigenvalue weighted by Crippen LogP contribution is -2.27. The first kappa shape index (κ1) is 18.7. The number of hydrogen-bond donors (Lipinski definition) is 4. The lowest BCUT2D eigenvalue weighted by atomic mass is 9.96. The molecule has 0 aliphatic heterocycles. The molecule has 1 aliphatic rings. The highest BCUT2D eigenvalue weighted by Crippen LogP contribution is 2.25. The molecule has 0 atom stereocenters. The zero-order valence-corrected chi connectivity index (χ0v) is 16.3. The largest absolute Gasteiger partial charge is 0.446 e. The highest BCUT2D eigenvalue weighted by atomic mass is 16.6. The molecule has 1 amide bonds. The Morgan fingerprint density at radius 2 is 1.90 bits per heavy atom. The van der Waals surface area contributed by atoms with E-state index in [1.54, 1.807) is 12.4 Å². The molecule has 2 heterocycles. The van der Waals surface area contributed by atoms with Gasteiger partial charge in [-0.15, -0.1) is 0 Å². The number of carbonyl (C=O) groups is 1. The summed E-state index contributed by atoms with van der Waals surface area (Å²) in [5, 5.41) is 16.1. The van der Waals surface area contributed by atoms with Gasteiger partial charge in [-0.2, -0.15) is 5.10 Å². The SMILES string of the molecule is Cc1cc(Nc2cncc(Nc3ccc(C)c(NC(=O)OC4CCC4)c3)n2)n[nH]1. The lowest BCUT2D eigenvalue weighted by molar-refractivity contribution is 0.0624. The van der Waals surface area contributed by atoms with Crippen molar-refractivity contribution in [1.82, 2.24) is 20.2 Å². The van der Waals surface area contributed by atoms with E-state index in [1.165, 1.54) is 0 Å². The minimum atomic E-state index is -0.421. The van der Waals surface area contributed by atoms with E-state index in [9.17, 15) is 4.79 Å². The van der Waals surface area contributed by atoms with Crippen LogP contribution in [0.15, 0.2) is 36.7 Å². The van der Waals surface area contributed by atoms with Crippen molar-refractivity contribution >= 4 is 34.9 Å². The number of ether oxygens (including phenoxy) is 1. The lowest BCUT2D eigenvalue weighted by Gasteiger charge is -2.25. The van der Waals surface area contributed by atoms with Crippen molar-refractivity contribution in [3.05, 3.63) is 47.9 Å². The van der Waals surface area contributed by atoms with E-state index >= 15 is 0 Å². The molecular weight excluding hydrogens is 370 g/mol. The number of aromatic amines is 1. The van der Waals surface area contributed by atoms with E-state index < -0.39 is 6.09 Å². The summed E-state index contributed by atoms with van der Waals surface area (Å²) in [6.45, 7) is 3.85. The Balaban J connectivity index is 1.43. The molecule has 0 radical (unpaired) electrons. The third-order valence-corrected chi connectivity index (χ3v) is 4.67. The van der Waals surface area contributed by atoms with Crippen LogP contribution >= 0.6 is 0 Å². The second-order valence-electron chi connectivity index (χ2n) is 7.09. The van der Waals surface area contributed by atoms with Crippen molar-refractivity contribution in [2.75, 3.05) is 16.0 Å². The fraction of sp³-hybridized carbons (Fsp3) is 0.300. The van der Waals surface area contributed by atoms with Crippen LogP contribution in [0, 0.1) is 13.8 Å². The van der Waals surface area contributed by atoms with Gasteiger partial charge in [-0.05, 0) is 50.8 Å². The molecule has 4 rings (SSSR count). The summed E-state index contributed by atoms with van der Waals surface area (Å²) in [6.07, 6.45) is 5.86. The van der Waals surface area contributed by atoms with Gasteiger partial charge in [0.15, 0.2) is 17.5 Å². The summed E-state index contributed by atoms with van der Waals surface area (Å²) in [7, 11) is 0. The predicted molar refractivity (Wildman–Crippen MR) is 111 cm³/mol. The fourth-order valence-corrected chi connectivity index (χ4v) is 2.86. The number of nitrogens with one attached hydrogen (secondary N) is 4. The van der Waals surface area contributed by atoms with Gasteiger partial charge in [0, 0.05) is 23.1 Å². The summed E-state index contributed by atoms with van der Waals surface area (Å²) < 4.78 is 5.37. The maximum Gasteiger partial charge on any atom is 0.411 e. The van der Waals surface area contributed by atoms with Crippen LogP contribution in [0.5, 0.6) is 0 Å². The molecule has 3 aromatic rings. The first-order valence-corrected chi connectivity index (χ1v) is 9.51. The monoisotopic (exact) mass is 393 g/mol. The number of carbonyl (C=O) groups excluding carboxylic acids is 1. The molecule has 1 saturated carbocycles. The zero-order valence-electron chi connectivity index (χ0n) is 16.3. The van der Waals surface area contributed by atoms with Gasteiger partial charge in [0.25, 0.3) is 0 Å². The molecule has 0 spiro atoms. The molecule has 29 heavy (non-hydrogen) atoms. The topological polar surface area (TPSA) is 117 Å². The summed E-state index contributed by atoms with van der Waals surface area (Å²) in [6, 6.07) is 7.55. The van der Waals surface area contributed by atoms with Crippen molar-refractivity contribution in [2.24, 2.45) is 0 Å². The summed E-state index contributed by atoms with van der Waals surface area (Å²) in [4.78, 5) is 20.8. The van der Waals surface area contributed by atoms with E-state index in [1.807, 2.05) is 38.1 Å². The number of hydrogen-bond acceptors (Lipinski definition) is 7. The van der Waals surface area contributed by atoms with Gasteiger partial charge in [-0.3, -0.25) is 15.4 Å². The van der Waals surface area contributed by atoms with Gasteiger partial charge in [0.1, 0.15) is 6.10 Å². The van der Waals surface area contributed by atoms with E-state index in [-0.39, 0.29) is 6.10 Å². The van der Waals surface area contributed by atoms with E-state index in [0.29, 0.717) is 23.1 Å². The Labute approximate surface area is 168 Å². The van der Waals surface area contributed by atoms with Crippen LogP contribution in [0.3, 0.4) is 0 Å². The Morgan fingerprint density at radius 1 is 1.10 bits per heavy atom. The number of H-pyrrole nitrogens is 1. The van der Waals surface area contributed by atoms with Gasteiger partial charge in [-0.1, -0.05) is 6.07 Å². The Bertz CT molecular complexity index is 1010. The first-order chi connectivity index (χ1) is 14.0. The number of aromatic nitrogens is 4. The molecule has 2 aromatic heterocycles. The van der Waals surface area contributed by atoms with Gasteiger partial charge >= 0.3 is 6.09 Å². The van der Waals surface area contributed by atoms with Crippen molar-refractivity contribution in [3.8, 4) is 0 Å². The summed E-state index contributed by atoms with van der Waals surface area (Å²) in [5.74, 6) is 1.80. The molecule has 1 aromatic carbocycles. The summed E-state index contributed by atoms with van der Waals surface area (Å²) >= 11 is 0. The summed E-state index contributed by atoms with van der Waals surface area (Å²) in [5.41, 5.74) is 3.35. The van der Waals surface area contributed by atoms with Gasteiger partial charge in [-0.25, -0.2) is 9.78 Å². The van der Waals surface area contributed by atoms with E-state index in [0.717, 1.165) is 36.2 Å². The van der Waals surface area contributed by atoms with E-state index in [4.69, 9.17) is 4.74 Å². The van der Waals surface area contributed by atoms with Crippen molar-refractivity contribution < 1.29 is 9.53 Å². The van der Waals surface area contributed by atoms with E-state index in [2.05, 4.69) is 36.1 Å². The molecular formula is C20H23N7O2. The quantitative estimate of drug-likeness (QED) is 0.490. The van der Waals surface area contributed by atoms with Gasteiger partial charge in [0.05, 0.1) is 12.4 Å². The van der Waals surface area contributed by atoms with Crippen LogP contribution in [0.4, 0.5) is 33.6 Å². The highest BCUT2D eigenvalue weighted by Gasteiger charge is 2.21. The fourth-order valence-electron chi connectivity index (χ4n) is 2.86. The number of amides is 1.